The minimum Gasteiger partial charge on any atom is -0.497 e. The number of methoxy groups -OCH3 is 2. The van der Waals surface area contributed by atoms with Gasteiger partial charge in [-0.15, -0.1) is 0 Å². The van der Waals surface area contributed by atoms with Gasteiger partial charge in [-0.1, -0.05) is 12.1 Å². The minimum atomic E-state index is -0.379. The number of Topliss-reactive ketones (excluding diaryl/α,β-unsaturated/α-hetero) is 1. The number of benzene rings is 2. The van der Waals surface area contributed by atoms with Gasteiger partial charge in [-0.3, -0.25) is 9.59 Å². The highest BCUT2D eigenvalue weighted by Gasteiger charge is 2.11. The molecular weight excluding hydrogens is 372 g/mol. The van der Waals surface area contributed by atoms with E-state index in [1.165, 1.54) is 19.3 Å². The van der Waals surface area contributed by atoms with Crippen molar-refractivity contribution in [1.82, 2.24) is 9.97 Å². The highest BCUT2D eigenvalue weighted by molar-refractivity contribution is 6.04. The fourth-order valence-electron chi connectivity index (χ4n) is 2.56. The molecule has 0 unspecified atom stereocenters. The topological polar surface area (TPSA) is 102 Å². The van der Waals surface area contributed by atoms with Crippen LogP contribution in [0.3, 0.4) is 0 Å². The molecule has 0 aliphatic rings. The van der Waals surface area contributed by atoms with Crippen LogP contribution >= 0.6 is 0 Å². The van der Waals surface area contributed by atoms with Gasteiger partial charge in [0.1, 0.15) is 11.5 Å². The number of ether oxygens (including phenoxy) is 2. The second-order valence-corrected chi connectivity index (χ2v) is 6.08. The molecule has 0 spiro atoms. The molecule has 29 heavy (non-hydrogen) atoms. The zero-order chi connectivity index (χ0) is 20.8. The molecule has 1 aromatic heterocycles. The Morgan fingerprint density at radius 3 is 2.34 bits per heavy atom. The SMILES string of the molecule is COc1ccc(OC)c(Nc2ncc(C(=O)Nc3cccc(C(C)=O)c3)cn2)c1. The van der Waals surface area contributed by atoms with E-state index in [0.717, 1.165) is 0 Å². The summed E-state index contributed by atoms with van der Waals surface area (Å²) in [7, 11) is 3.13. The highest BCUT2D eigenvalue weighted by atomic mass is 16.5. The summed E-state index contributed by atoms with van der Waals surface area (Å²) < 4.78 is 10.5. The number of carbonyl (C=O) groups is 2. The molecule has 148 valence electrons. The first-order valence-corrected chi connectivity index (χ1v) is 8.73. The van der Waals surface area contributed by atoms with E-state index in [4.69, 9.17) is 9.47 Å². The zero-order valence-corrected chi connectivity index (χ0v) is 16.2. The van der Waals surface area contributed by atoms with Crippen LogP contribution in [0.15, 0.2) is 54.9 Å². The Hall–Kier alpha value is -3.94. The molecule has 1 heterocycles. The van der Waals surface area contributed by atoms with Crippen molar-refractivity contribution in [3.8, 4) is 11.5 Å². The Morgan fingerprint density at radius 1 is 0.931 bits per heavy atom. The maximum Gasteiger partial charge on any atom is 0.258 e. The van der Waals surface area contributed by atoms with Gasteiger partial charge in [0.15, 0.2) is 5.78 Å². The van der Waals surface area contributed by atoms with Crippen molar-refractivity contribution in [2.24, 2.45) is 0 Å². The second kappa shape index (κ2) is 8.83. The summed E-state index contributed by atoms with van der Waals surface area (Å²) in [5.74, 6) is 1.09. The number of ketones is 1. The van der Waals surface area contributed by atoms with Crippen molar-refractivity contribution in [3.63, 3.8) is 0 Å². The average molecular weight is 392 g/mol. The predicted octanol–water partition coefficient (Wildman–Crippen LogP) is 3.69. The number of hydrogen-bond acceptors (Lipinski definition) is 7. The van der Waals surface area contributed by atoms with Crippen LogP contribution in [-0.4, -0.2) is 35.9 Å². The van der Waals surface area contributed by atoms with Crippen molar-refractivity contribution < 1.29 is 19.1 Å². The van der Waals surface area contributed by atoms with E-state index >= 15 is 0 Å². The molecule has 3 aromatic rings. The normalized spacial score (nSPS) is 10.2. The van der Waals surface area contributed by atoms with Gasteiger partial charge in [-0.2, -0.15) is 0 Å². The minimum absolute atomic E-state index is 0.0761. The summed E-state index contributed by atoms with van der Waals surface area (Å²) in [5, 5.41) is 5.77. The number of nitrogens with zero attached hydrogens (tertiary/aromatic N) is 2. The molecule has 1 amide bonds. The van der Waals surface area contributed by atoms with Gasteiger partial charge in [-0.05, 0) is 31.2 Å². The zero-order valence-electron chi connectivity index (χ0n) is 16.2. The summed E-state index contributed by atoms with van der Waals surface area (Å²) in [6, 6.07) is 12.0. The molecule has 0 fully saturated rings. The molecule has 0 aliphatic heterocycles. The Balaban J connectivity index is 1.72. The van der Waals surface area contributed by atoms with Crippen molar-refractivity contribution in [2.45, 2.75) is 6.92 Å². The molecule has 0 aliphatic carbocycles. The number of anilines is 3. The van der Waals surface area contributed by atoms with Crippen molar-refractivity contribution in [2.75, 3.05) is 24.9 Å². The van der Waals surface area contributed by atoms with Crippen molar-refractivity contribution in [3.05, 3.63) is 66.0 Å². The largest absolute Gasteiger partial charge is 0.497 e. The number of rotatable bonds is 7. The smallest absolute Gasteiger partial charge is 0.258 e. The van der Waals surface area contributed by atoms with Gasteiger partial charge in [0, 0.05) is 29.7 Å². The first-order valence-electron chi connectivity index (χ1n) is 8.73. The third kappa shape index (κ3) is 4.86. The van der Waals surface area contributed by atoms with E-state index in [0.29, 0.717) is 34.4 Å². The van der Waals surface area contributed by atoms with Crippen LogP contribution in [0.5, 0.6) is 11.5 Å². The van der Waals surface area contributed by atoms with Crippen LogP contribution in [0.1, 0.15) is 27.6 Å². The van der Waals surface area contributed by atoms with Crippen LogP contribution in [0.2, 0.25) is 0 Å². The maximum atomic E-state index is 12.4. The molecule has 0 radical (unpaired) electrons. The molecule has 3 rings (SSSR count). The summed E-state index contributed by atoms with van der Waals surface area (Å²) in [5.41, 5.74) is 1.95. The van der Waals surface area contributed by atoms with E-state index in [9.17, 15) is 9.59 Å². The molecule has 2 N–H and O–H groups in total. The van der Waals surface area contributed by atoms with E-state index in [1.807, 2.05) is 0 Å². The van der Waals surface area contributed by atoms with Crippen LogP contribution in [-0.2, 0) is 0 Å². The van der Waals surface area contributed by atoms with Gasteiger partial charge in [0.05, 0.1) is 25.5 Å². The molecule has 0 saturated heterocycles. The summed E-state index contributed by atoms with van der Waals surface area (Å²) in [6.45, 7) is 1.47. The molecule has 8 heteroatoms. The number of amides is 1. The van der Waals surface area contributed by atoms with Crippen LogP contribution < -0.4 is 20.1 Å². The van der Waals surface area contributed by atoms with Gasteiger partial charge < -0.3 is 20.1 Å². The monoisotopic (exact) mass is 392 g/mol. The van der Waals surface area contributed by atoms with Gasteiger partial charge in [0.25, 0.3) is 5.91 Å². The van der Waals surface area contributed by atoms with Gasteiger partial charge in [-0.25, -0.2) is 9.97 Å². The first kappa shape index (κ1) is 19.8. The average Bonchev–Trinajstić information content (AvgIpc) is 2.74. The molecule has 0 atom stereocenters. The van der Waals surface area contributed by atoms with E-state index < -0.39 is 0 Å². The Bertz CT molecular complexity index is 1040. The number of nitrogens with one attached hydrogen (secondary N) is 2. The molecule has 0 bridgehead atoms. The third-order valence-electron chi connectivity index (χ3n) is 4.09. The summed E-state index contributed by atoms with van der Waals surface area (Å²) >= 11 is 0. The van der Waals surface area contributed by atoms with Crippen LogP contribution in [0.25, 0.3) is 0 Å². The summed E-state index contributed by atoms with van der Waals surface area (Å²) in [6.07, 6.45) is 2.82. The quantitative estimate of drug-likeness (QED) is 0.591. The maximum absolute atomic E-state index is 12.4. The Labute approximate surface area is 167 Å². The van der Waals surface area contributed by atoms with Gasteiger partial charge >= 0.3 is 0 Å². The third-order valence-corrected chi connectivity index (χ3v) is 4.09. The fourth-order valence-corrected chi connectivity index (χ4v) is 2.56. The standard InChI is InChI=1S/C21H20N4O4/c1-13(26)14-5-4-6-16(9-14)24-20(27)15-11-22-21(23-12-15)25-18-10-17(28-2)7-8-19(18)29-3/h4-12H,1-3H3,(H,24,27)(H,22,23,25). The number of aromatic nitrogens is 2. The van der Waals surface area contributed by atoms with Crippen LogP contribution in [0, 0.1) is 0 Å². The lowest BCUT2D eigenvalue weighted by molar-refractivity contribution is 0.101. The van der Waals surface area contributed by atoms with E-state index in [2.05, 4.69) is 20.6 Å². The molecular formula is C21H20N4O4. The van der Waals surface area contributed by atoms with Crippen molar-refractivity contribution >= 4 is 29.0 Å². The molecule has 0 saturated carbocycles. The number of carbonyl (C=O) groups excluding carboxylic acids is 2. The molecule has 2 aromatic carbocycles. The van der Waals surface area contributed by atoms with Crippen molar-refractivity contribution in [1.29, 1.82) is 0 Å². The van der Waals surface area contributed by atoms with Crippen LogP contribution in [0.4, 0.5) is 17.3 Å². The second-order valence-electron chi connectivity index (χ2n) is 6.08. The predicted molar refractivity (Wildman–Crippen MR) is 109 cm³/mol. The molecule has 8 nitrogen and oxygen atoms in total. The Morgan fingerprint density at radius 2 is 1.69 bits per heavy atom. The lowest BCUT2D eigenvalue weighted by Crippen LogP contribution is -2.13. The lowest BCUT2D eigenvalue weighted by Gasteiger charge is -2.11. The number of hydrogen-bond donors (Lipinski definition) is 2. The fraction of sp³-hybridized carbons (Fsp3) is 0.143. The lowest BCUT2D eigenvalue weighted by atomic mass is 10.1. The van der Waals surface area contributed by atoms with E-state index in [1.54, 1.807) is 56.7 Å². The van der Waals surface area contributed by atoms with Gasteiger partial charge in [0.2, 0.25) is 5.95 Å². The highest BCUT2D eigenvalue weighted by Crippen LogP contribution is 2.30. The Kier molecular flexibility index (Phi) is 6.03. The van der Waals surface area contributed by atoms with E-state index in [-0.39, 0.29) is 17.3 Å². The summed E-state index contributed by atoms with van der Waals surface area (Å²) in [4.78, 5) is 32.2. The first-order chi connectivity index (χ1) is 14.0.